The number of hydrogen-bond donors (Lipinski definition) is 1. The fourth-order valence-corrected chi connectivity index (χ4v) is 2.96. The van der Waals surface area contributed by atoms with Crippen LogP contribution in [-0.4, -0.2) is 27.5 Å². The molecule has 0 bridgehead atoms. The second kappa shape index (κ2) is 7.25. The molecular weight excluding hydrogens is 294 g/mol. The number of benzene rings is 1. The largest absolute Gasteiger partial charge is 0.497 e. The summed E-state index contributed by atoms with van der Waals surface area (Å²) in [7, 11) is 1.61. The molecule has 1 aromatic heterocycles. The number of carbonyl (C=O) groups excluding carboxylic acids is 1. The molecule has 106 valence electrons. The maximum Gasteiger partial charge on any atom is 0.234 e. The highest BCUT2D eigenvalue weighted by Crippen LogP contribution is 2.17. The van der Waals surface area contributed by atoms with E-state index in [1.54, 1.807) is 7.11 Å². The fraction of sp³-hybridized carbons (Fsp3) is 0.308. The summed E-state index contributed by atoms with van der Waals surface area (Å²) in [4.78, 5) is 11.8. The van der Waals surface area contributed by atoms with E-state index in [9.17, 15) is 4.79 Å². The van der Waals surface area contributed by atoms with Crippen LogP contribution in [0.5, 0.6) is 5.75 Å². The molecule has 2 rings (SSSR count). The van der Waals surface area contributed by atoms with Gasteiger partial charge in [0.1, 0.15) is 5.75 Å². The molecule has 1 aromatic carbocycles. The topological polar surface area (TPSA) is 64.1 Å². The first kappa shape index (κ1) is 14.8. The highest BCUT2D eigenvalue weighted by atomic mass is 32.2. The molecule has 5 nitrogen and oxygen atoms in total. The maximum absolute atomic E-state index is 11.8. The number of aryl methyl sites for hydroxylation is 1. The Kier molecular flexibility index (Phi) is 5.37. The third-order valence-corrected chi connectivity index (χ3v) is 4.19. The first-order chi connectivity index (χ1) is 9.69. The normalized spacial score (nSPS) is 10.3. The van der Waals surface area contributed by atoms with Crippen molar-refractivity contribution in [3.8, 4) is 5.75 Å². The average Bonchev–Trinajstić information content (AvgIpc) is 2.85. The lowest BCUT2D eigenvalue weighted by atomic mass is 10.3. The van der Waals surface area contributed by atoms with Crippen LogP contribution in [0.15, 0.2) is 24.3 Å². The summed E-state index contributed by atoms with van der Waals surface area (Å²) in [6.07, 6.45) is 0. The molecule has 0 radical (unpaired) electrons. The van der Waals surface area contributed by atoms with Gasteiger partial charge in [0.05, 0.1) is 36.0 Å². The van der Waals surface area contributed by atoms with Crippen molar-refractivity contribution in [2.75, 3.05) is 18.2 Å². The Hall–Kier alpha value is -1.60. The lowest BCUT2D eigenvalue weighted by Crippen LogP contribution is -2.14. The second-order valence-electron chi connectivity index (χ2n) is 4.07. The Morgan fingerprint density at radius 1 is 1.35 bits per heavy atom. The Bertz CT molecular complexity index is 569. The summed E-state index contributed by atoms with van der Waals surface area (Å²) < 4.78 is 13.3. The number of ether oxygens (including phenoxy) is 1. The molecule has 0 saturated carbocycles. The minimum Gasteiger partial charge on any atom is -0.497 e. The number of nitrogens with one attached hydrogen (secondary N) is 1. The van der Waals surface area contributed by atoms with Crippen LogP contribution in [0.1, 0.15) is 11.4 Å². The van der Waals surface area contributed by atoms with Gasteiger partial charge in [-0.05, 0) is 31.2 Å². The molecular formula is C13H15N3O2S2. The molecule has 0 fully saturated rings. The molecule has 0 aliphatic carbocycles. The van der Waals surface area contributed by atoms with Crippen LogP contribution in [0, 0.1) is 6.92 Å². The minimum absolute atomic E-state index is 0.0268. The van der Waals surface area contributed by atoms with Crippen molar-refractivity contribution in [1.82, 2.24) is 8.75 Å². The molecule has 0 spiro atoms. The molecule has 0 aliphatic heterocycles. The van der Waals surface area contributed by atoms with Crippen molar-refractivity contribution in [3.63, 3.8) is 0 Å². The molecule has 1 heterocycles. The number of amides is 1. The van der Waals surface area contributed by atoms with Crippen molar-refractivity contribution < 1.29 is 9.53 Å². The van der Waals surface area contributed by atoms with E-state index < -0.39 is 0 Å². The minimum atomic E-state index is -0.0268. The number of anilines is 1. The Labute approximate surface area is 126 Å². The SMILES string of the molecule is COc1ccc(NC(=O)CSCc2nsnc2C)cc1. The van der Waals surface area contributed by atoms with Gasteiger partial charge < -0.3 is 10.1 Å². The third kappa shape index (κ3) is 4.21. The van der Waals surface area contributed by atoms with Gasteiger partial charge in [0, 0.05) is 11.4 Å². The fourth-order valence-electron chi connectivity index (χ4n) is 1.49. The van der Waals surface area contributed by atoms with Crippen molar-refractivity contribution >= 4 is 35.1 Å². The molecule has 0 atom stereocenters. The van der Waals surface area contributed by atoms with E-state index in [0.29, 0.717) is 11.5 Å². The number of nitrogens with zero attached hydrogens (tertiary/aromatic N) is 2. The molecule has 0 saturated heterocycles. The van der Waals surface area contributed by atoms with Gasteiger partial charge in [-0.15, -0.1) is 11.8 Å². The predicted molar refractivity (Wildman–Crippen MR) is 82.4 cm³/mol. The van der Waals surface area contributed by atoms with Gasteiger partial charge in [0.15, 0.2) is 0 Å². The first-order valence-electron chi connectivity index (χ1n) is 5.98. The second-order valence-corrected chi connectivity index (χ2v) is 5.58. The van der Waals surface area contributed by atoms with Gasteiger partial charge >= 0.3 is 0 Å². The van der Waals surface area contributed by atoms with E-state index in [-0.39, 0.29) is 5.91 Å². The van der Waals surface area contributed by atoms with E-state index >= 15 is 0 Å². The van der Waals surface area contributed by atoms with Crippen LogP contribution in [0.2, 0.25) is 0 Å². The summed E-state index contributed by atoms with van der Waals surface area (Å²) in [5.41, 5.74) is 2.67. The molecule has 1 N–H and O–H groups in total. The van der Waals surface area contributed by atoms with Crippen molar-refractivity contribution in [2.45, 2.75) is 12.7 Å². The number of thioether (sulfide) groups is 1. The number of carbonyl (C=O) groups is 1. The number of methoxy groups -OCH3 is 1. The molecule has 0 unspecified atom stereocenters. The van der Waals surface area contributed by atoms with Gasteiger partial charge in [0.2, 0.25) is 5.91 Å². The molecule has 20 heavy (non-hydrogen) atoms. The zero-order valence-corrected chi connectivity index (χ0v) is 12.9. The Balaban J connectivity index is 1.76. The standard InChI is InChI=1S/C13H15N3O2S2/c1-9-12(16-20-15-9)7-19-8-13(17)14-10-3-5-11(18-2)6-4-10/h3-6H,7-8H2,1-2H3,(H,14,17). The maximum atomic E-state index is 11.8. The van der Waals surface area contributed by atoms with Gasteiger partial charge in [-0.25, -0.2) is 0 Å². The van der Waals surface area contributed by atoms with Crippen LogP contribution in [0.4, 0.5) is 5.69 Å². The van der Waals surface area contributed by atoms with E-state index in [4.69, 9.17) is 4.74 Å². The van der Waals surface area contributed by atoms with E-state index in [1.165, 1.54) is 23.5 Å². The summed E-state index contributed by atoms with van der Waals surface area (Å²) >= 11 is 2.73. The molecule has 7 heteroatoms. The van der Waals surface area contributed by atoms with Crippen molar-refractivity contribution in [1.29, 1.82) is 0 Å². The van der Waals surface area contributed by atoms with Gasteiger partial charge in [-0.1, -0.05) is 0 Å². The summed E-state index contributed by atoms with van der Waals surface area (Å²) in [5.74, 6) is 1.84. The lowest BCUT2D eigenvalue weighted by molar-refractivity contribution is -0.113. The Morgan fingerprint density at radius 3 is 2.70 bits per heavy atom. The zero-order valence-electron chi connectivity index (χ0n) is 11.3. The van der Waals surface area contributed by atoms with E-state index in [1.807, 2.05) is 31.2 Å². The van der Waals surface area contributed by atoms with Gasteiger partial charge in [0.25, 0.3) is 0 Å². The number of aromatic nitrogens is 2. The molecule has 2 aromatic rings. The summed E-state index contributed by atoms with van der Waals surface area (Å²) in [6, 6.07) is 7.26. The van der Waals surface area contributed by atoms with Gasteiger partial charge in [-0.3, -0.25) is 4.79 Å². The predicted octanol–water partition coefficient (Wildman–Crippen LogP) is 2.73. The van der Waals surface area contributed by atoms with E-state index in [0.717, 1.165) is 22.8 Å². The number of hydrogen-bond acceptors (Lipinski definition) is 6. The van der Waals surface area contributed by atoms with E-state index in [2.05, 4.69) is 14.1 Å². The van der Waals surface area contributed by atoms with Crippen molar-refractivity contribution in [3.05, 3.63) is 35.7 Å². The first-order valence-corrected chi connectivity index (χ1v) is 7.87. The monoisotopic (exact) mass is 309 g/mol. The summed E-state index contributed by atoms with van der Waals surface area (Å²) in [5, 5.41) is 2.84. The van der Waals surface area contributed by atoms with Crippen LogP contribution >= 0.6 is 23.5 Å². The van der Waals surface area contributed by atoms with Crippen LogP contribution in [0.25, 0.3) is 0 Å². The zero-order chi connectivity index (χ0) is 14.4. The van der Waals surface area contributed by atoms with Crippen molar-refractivity contribution in [2.24, 2.45) is 0 Å². The number of rotatable bonds is 6. The smallest absolute Gasteiger partial charge is 0.234 e. The average molecular weight is 309 g/mol. The summed E-state index contributed by atoms with van der Waals surface area (Å²) in [6.45, 7) is 1.93. The van der Waals surface area contributed by atoms with Crippen LogP contribution < -0.4 is 10.1 Å². The highest BCUT2D eigenvalue weighted by molar-refractivity contribution is 7.99. The van der Waals surface area contributed by atoms with Crippen LogP contribution in [0.3, 0.4) is 0 Å². The Morgan fingerprint density at radius 2 is 2.10 bits per heavy atom. The lowest BCUT2D eigenvalue weighted by Gasteiger charge is -2.06. The molecule has 0 aliphatic rings. The molecule has 1 amide bonds. The van der Waals surface area contributed by atoms with Crippen LogP contribution in [-0.2, 0) is 10.5 Å². The quantitative estimate of drug-likeness (QED) is 0.889. The highest BCUT2D eigenvalue weighted by Gasteiger charge is 2.06. The van der Waals surface area contributed by atoms with Gasteiger partial charge in [-0.2, -0.15) is 8.75 Å². The third-order valence-electron chi connectivity index (χ3n) is 2.59.